The van der Waals surface area contributed by atoms with E-state index in [4.69, 9.17) is 21.1 Å². The standard InChI is InChI=1S/C21H18ClNO4/c1-3-7-17(24)16-12-23-20-15(19(16)22)10-14(11-18(20)26-2)27-21(25)13-8-5-4-6-9-13/h4-6,8-12H,3,7H2,1-2H3. The summed E-state index contributed by atoms with van der Waals surface area (Å²) in [6, 6.07) is 11.8. The number of Topliss-reactive ketones (excluding diaryl/α,β-unsaturated/α-hetero) is 1. The van der Waals surface area contributed by atoms with Gasteiger partial charge in [-0.15, -0.1) is 0 Å². The van der Waals surface area contributed by atoms with Gasteiger partial charge in [-0.05, 0) is 24.6 Å². The van der Waals surface area contributed by atoms with Crippen LogP contribution >= 0.6 is 11.6 Å². The number of halogens is 1. The number of carbonyl (C=O) groups excluding carboxylic acids is 2. The molecule has 0 saturated carbocycles. The van der Waals surface area contributed by atoms with Gasteiger partial charge in [-0.1, -0.05) is 36.7 Å². The zero-order chi connectivity index (χ0) is 19.4. The minimum Gasteiger partial charge on any atom is -0.494 e. The molecule has 0 bridgehead atoms. The van der Waals surface area contributed by atoms with Crippen LogP contribution in [0.25, 0.3) is 10.9 Å². The summed E-state index contributed by atoms with van der Waals surface area (Å²) in [6.07, 6.45) is 2.55. The van der Waals surface area contributed by atoms with Crippen molar-refractivity contribution in [2.45, 2.75) is 19.8 Å². The Kier molecular flexibility index (Phi) is 5.72. The number of carbonyl (C=O) groups is 2. The lowest BCUT2D eigenvalue weighted by atomic mass is 10.1. The molecule has 3 rings (SSSR count). The van der Waals surface area contributed by atoms with E-state index >= 15 is 0 Å². The van der Waals surface area contributed by atoms with Crippen molar-refractivity contribution < 1.29 is 19.1 Å². The second-order valence-corrected chi connectivity index (χ2v) is 6.31. The monoisotopic (exact) mass is 383 g/mol. The quantitative estimate of drug-likeness (QED) is 0.336. The van der Waals surface area contributed by atoms with Crippen LogP contribution < -0.4 is 9.47 Å². The molecular formula is C21H18ClNO4. The molecule has 3 aromatic rings. The molecule has 0 fully saturated rings. The van der Waals surface area contributed by atoms with E-state index in [0.29, 0.717) is 40.6 Å². The summed E-state index contributed by atoms with van der Waals surface area (Å²) in [5, 5.41) is 0.767. The fraction of sp³-hybridized carbons (Fsp3) is 0.190. The van der Waals surface area contributed by atoms with E-state index in [1.54, 1.807) is 36.4 Å². The first-order valence-corrected chi connectivity index (χ1v) is 8.89. The molecule has 0 unspecified atom stereocenters. The van der Waals surface area contributed by atoms with Gasteiger partial charge in [0.1, 0.15) is 17.0 Å². The molecule has 27 heavy (non-hydrogen) atoms. The number of hydrogen-bond acceptors (Lipinski definition) is 5. The Labute approximate surface area is 161 Å². The van der Waals surface area contributed by atoms with Crippen LogP contribution in [0.5, 0.6) is 11.5 Å². The molecule has 0 saturated heterocycles. The van der Waals surface area contributed by atoms with Crippen molar-refractivity contribution in [2.75, 3.05) is 7.11 Å². The molecule has 1 aromatic heterocycles. The van der Waals surface area contributed by atoms with E-state index in [9.17, 15) is 9.59 Å². The fourth-order valence-electron chi connectivity index (χ4n) is 2.72. The Balaban J connectivity index is 2.05. The van der Waals surface area contributed by atoms with E-state index in [1.807, 2.05) is 13.0 Å². The molecule has 0 N–H and O–H groups in total. The molecule has 0 atom stereocenters. The number of pyridine rings is 1. The van der Waals surface area contributed by atoms with Gasteiger partial charge in [0.05, 0.1) is 23.3 Å². The maximum Gasteiger partial charge on any atom is 0.343 e. The zero-order valence-corrected chi connectivity index (χ0v) is 15.7. The van der Waals surface area contributed by atoms with Gasteiger partial charge >= 0.3 is 5.97 Å². The molecule has 0 spiro atoms. The van der Waals surface area contributed by atoms with Crippen LogP contribution in [-0.4, -0.2) is 23.8 Å². The molecule has 0 aliphatic carbocycles. The maximum atomic E-state index is 12.3. The van der Waals surface area contributed by atoms with E-state index < -0.39 is 5.97 Å². The van der Waals surface area contributed by atoms with Crippen molar-refractivity contribution in [2.24, 2.45) is 0 Å². The van der Waals surface area contributed by atoms with Gasteiger partial charge in [-0.3, -0.25) is 9.78 Å². The maximum absolute atomic E-state index is 12.3. The smallest absolute Gasteiger partial charge is 0.343 e. The predicted octanol–water partition coefficient (Wildman–Crippen LogP) is 5.10. The largest absolute Gasteiger partial charge is 0.494 e. The van der Waals surface area contributed by atoms with E-state index in [-0.39, 0.29) is 16.6 Å². The average Bonchev–Trinajstić information content (AvgIpc) is 2.69. The first-order chi connectivity index (χ1) is 13.0. The molecule has 138 valence electrons. The topological polar surface area (TPSA) is 65.5 Å². The first kappa shape index (κ1) is 18.9. The van der Waals surface area contributed by atoms with Crippen molar-refractivity contribution in [1.82, 2.24) is 4.98 Å². The molecular weight excluding hydrogens is 366 g/mol. The Hall–Kier alpha value is -2.92. The van der Waals surface area contributed by atoms with Gasteiger partial charge in [-0.25, -0.2) is 4.79 Å². The Morgan fingerprint density at radius 2 is 1.89 bits per heavy atom. The Morgan fingerprint density at radius 3 is 2.56 bits per heavy atom. The van der Waals surface area contributed by atoms with Gasteiger partial charge < -0.3 is 9.47 Å². The highest BCUT2D eigenvalue weighted by atomic mass is 35.5. The molecule has 0 aliphatic heterocycles. The van der Waals surface area contributed by atoms with Crippen molar-refractivity contribution in [3.63, 3.8) is 0 Å². The second-order valence-electron chi connectivity index (χ2n) is 5.94. The van der Waals surface area contributed by atoms with Gasteiger partial charge in [0, 0.05) is 24.1 Å². The number of methoxy groups -OCH3 is 1. The Bertz CT molecular complexity index is 1000. The summed E-state index contributed by atoms with van der Waals surface area (Å²) in [6.45, 7) is 1.92. The van der Waals surface area contributed by atoms with Crippen LogP contribution in [0, 0.1) is 0 Å². The number of nitrogens with zero attached hydrogens (tertiary/aromatic N) is 1. The van der Waals surface area contributed by atoms with Crippen LogP contribution in [0.2, 0.25) is 5.02 Å². The van der Waals surface area contributed by atoms with Crippen LogP contribution in [0.15, 0.2) is 48.7 Å². The predicted molar refractivity (Wildman–Crippen MR) is 104 cm³/mol. The first-order valence-electron chi connectivity index (χ1n) is 8.51. The van der Waals surface area contributed by atoms with Crippen LogP contribution in [-0.2, 0) is 0 Å². The summed E-state index contributed by atoms with van der Waals surface area (Å²) in [7, 11) is 1.49. The highest BCUT2D eigenvalue weighted by molar-refractivity contribution is 6.38. The van der Waals surface area contributed by atoms with Gasteiger partial charge in [0.15, 0.2) is 5.78 Å². The minimum absolute atomic E-state index is 0.0810. The summed E-state index contributed by atoms with van der Waals surface area (Å²) >= 11 is 6.47. The number of aromatic nitrogens is 1. The number of esters is 1. The van der Waals surface area contributed by atoms with Crippen molar-refractivity contribution in [1.29, 1.82) is 0 Å². The normalized spacial score (nSPS) is 10.6. The van der Waals surface area contributed by atoms with Crippen molar-refractivity contribution >= 4 is 34.3 Å². The third kappa shape index (κ3) is 3.93. The second kappa shape index (κ2) is 8.18. The summed E-state index contributed by atoms with van der Waals surface area (Å²) in [5.41, 5.74) is 1.27. The summed E-state index contributed by atoms with van der Waals surface area (Å²) in [4.78, 5) is 28.9. The molecule has 2 aromatic carbocycles. The molecule has 0 amide bonds. The highest BCUT2D eigenvalue weighted by Crippen LogP contribution is 2.36. The van der Waals surface area contributed by atoms with Crippen LogP contribution in [0.4, 0.5) is 0 Å². The summed E-state index contributed by atoms with van der Waals surface area (Å²) in [5.74, 6) is 0.0820. The van der Waals surface area contributed by atoms with Crippen LogP contribution in [0.1, 0.15) is 40.5 Å². The van der Waals surface area contributed by atoms with E-state index in [1.165, 1.54) is 13.3 Å². The number of rotatable bonds is 6. The third-order valence-corrected chi connectivity index (χ3v) is 4.47. The number of ketones is 1. The minimum atomic E-state index is -0.501. The van der Waals surface area contributed by atoms with Gasteiger partial charge in [0.2, 0.25) is 0 Å². The zero-order valence-electron chi connectivity index (χ0n) is 15.0. The van der Waals surface area contributed by atoms with Crippen molar-refractivity contribution in [3.05, 3.63) is 64.8 Å². The highest BCUT2D eigenvalue weighted by Gasteiger charge is 2.18. The number of hydrogen-bond donors (Lipinski definition) is 0. The Morgan fingerprint density at radius 1 is 1.15 bits per heavy atom. The molecule has 0 radical (unpaired) electrons. The SMILES string of the molecule is CCCC(=O)c1cnc2c(OC)cc(OC(=O)c3ccccc3)cc2c1Cl. The van der Waals surface area contributed by atoms with E-state index in [0.717, 1.165) is 0 Å². The molecule has 1 heterocycles. The van der Waals surface area contributed by atoms with Gasteiger partial charge in [0.25, 0.3) is 0 Å². The molecule has 5 nitrogen and oxygen atoms in total. The number of ether oxygens (including phenoxy) is 2. The lowest BCUT2D eigenvalue weighted by Gasteiger charge is -2.12. The van der Waals surface area contributed by atoms with E-state index in [2.05, 4.69) is 4.98 Å². The van der Waals surface area contributed by atoms with Crippen molar-refractivity contribution in [3.8, 4) is 11.5 Å². The fourth-order valence-corrected chi connectivity index (χ4v) is 3.02. The lowest BCUT2D eigenvalue weighted by molar-refractivity contribution is 0.0734. The number of benzene rings is 2. The van der Waals surface area contributed by atoms with Gasteiger partial charge in [-0.2, -0.15) is 0 Å². The summed E-state index contributed by atoms with van der Waals surface area (Å²) < 4.78 is 10.8. The average molecular weight is 384 g/mol. The van der Waals surface area contributed by atoms with Crippen LogP contribution in [0.3, 0.4) is 0 Å². The third-order valence-electron chi connectivity index (χ3n) is 4.06. The molecule has 0 aliphatic rings. The number of fused-ring (bicyclic) bond motifs is 1. The molecule has 6 heteroatoms. The lowest BCUT2D eigenvalue weighted by Crippen LogP contribution is -2.08.